The molecule has 0 aromatic heterocycles. The van der Waals surface area contributed by atoms with E-state index in [9.17, 15) is 10.2 Å². The van der Waals surface area contributed by atoms with Gasteiger partial charge in [-0.15, -0.1) is 0 Å². The van der Waals surface area contributed by atoms with Crippen LogP contribution in [0.15, 0.2) is 0 Å². The zero-order chi connectivity index (χ0) is 9.72. The highest BCUT2D eigenvalue weighted by Gasteiger charge is 2.18. The van der Waals surface area contributed by atoms with Crippen LogP contribution in [0.2, 0.25) is 0 Å². The molecular weight excluding hydrogens is 152 g/mol. The van der Waals surface area contributed by atoms with Crippen LogP contribution in [0.1, 0.15) is 40.5 Å². The third-order valence-corrected chi connectivity index (χ3v) is 2.74. The van der Waals surface area contributed by atoms with Crippen LogP contribution in [0.4, 0.5) is 0 Å². The molecule has 4 atom stereocenters. The lowest BCUT2D eigenvalue weighted by Gasteiger charge is -2.22. The van der Waals surface area contributed by atoms with Gasteiger partial charge < -0.3 is 10.2 Å². The van der Waals surface area contributed by atoms with Crippen molar-refractivity contribution in [3.63, 3.8) is 0 Å². The lowest BCUT2D eigenvalue weighted by molar-refractivity contribution is 0.0516. The maximum atomic E-state index is 9.63. The molecular formula is C10H22O2. The van der Waals surface area contributed by atoms with Crippen molar-refractivity contribution in [1.29, 1.82) is 0 Å². The molecule has 0 fully saturated rings. The topological polar surface area (TPSA) is 40.5 Å². The van der Waals surface area contributed by atoms with E-state index in [0.717, 1.165) is 6.42 Å². The monoisotopic (exact) mass is 174 g/mol. The Hall–Kier alpha value is -0.0800. The van der Waals surface area contributed by atoms with E-state index in [0.29, 0.717) is 12.3 Å². The van der Waals surface area contributed by atoms with Gasteiger partial charge in [-0.1, -0.05) is 27.2 Å². The molecule has 0 bridgehead atoms. The Balaban J connectivity index is 3.75. The molecule has 2 N–H and O–H groups in total. The van der Waals surface area contributed by atoms with Gasteiger partial charge in [-0.05, 0) is 25.2 Å². The molecule has 4 unspecified atom stereocenters. The maximum absolute atomic E-state index is 9.63. The van der Waals surface area contributed by atoms with Gasteiger partial charge in [-0.25, -0.2) is 0 Å². The molecule has 0 aromatic carbocycles. The number of rotatable bonds is 5. The van der Waals surface area contributed by atoms with Crippen LogP contribution in [0.5, 0.6) is 0 Å². The molecule has 0 radical (unpaired) electrons. The minimum Gasteiger partial charge on any atom is -0.393 e. The van der Waals surface area contributed by atoms with Crippen molar-refractivity contribution in [3.05, 3.63) is 0 Å². The van der Waals surface area contributed by atoms with Gasteiger partial charge in [0.05, 0.1) is 12.2 Å². The molecule has 0 rings (SSSR count). The summed E-state index contributed by atoms with van der Waals surface area (Å²) in [6.07, 6.45) is 1.11. The molecule has 0 aliphatic heterocycles. The van der Waals surface area contributed by atoms with Crippen molar-refractivity contribution in [2.24, 2.45) is 11.8 Å². The Morgan fingerprint density at radius 1 is 1.00 bits per heavy atom. The summed E-state index contributed by atoms with van der Waals surface area (Å²) in [5.41, 5.74) is 0. The molecule has 2 heteroatoms. The third kappa shape index (κ3) is 4.07. The fourth-order valence-electron chi connectivity index (χ4n) is 1.08. The van der Waals surface area contributed by atoms with Crippen molar-refractivity contribution in [2.75, 3.05) is 0 Å². The first-order valence-electron chi connectivity index (χ1n) is 4.85. The van der Waals surface area contributed by atoms with Gasteiger partial charge >= 0.3 is 0 Å². The van der Waals surface area contributed by atoms with Crippen LogP contribution in [0.25, 0.3) is 0 Å². The van der Waals surface area contributed by atoms with Crippen LogP contribution in [0, 0.1) is 11.8 Å². The fraction of sp³-hybridized carbons (Fsp3) is 1.00. The molecule has 0 heterocycles. The van der Waals surface area contributed by atoms with Gasteiger partial charge in [-0.3, -0.25) is 0 Å². The van der Waals surface area contributed by atoms with E-state index >= 15 is 0 Å². The van der Waals surface area contributed by atoms with Gasteiger partial charge in [0.2, 0.25) is 0 Å². The minimum atomic E-state index is -0.316. The summed E-state index contributed by atoms with van der Waals surface area (Å²) < 4.78 is 0. The molecule has 0 saturated heterocycles. The first-order chi connectivity index (χ1) is 5.49. The molecule has 0 saturated carbocycles. The van der Waals surface area contributed by atoms with Crippen LogP contribution < -0.4 is 0 Å². The standard InChI is InChI=1S/C10H22O2/c1-5-7(2)10(12)6-8(3)9(4)11/h7-12H,5-6H2,1-4H3. The molecule has 12 heavy (non-hydrogen) atoms. The summed E-state index contributed by atoms with van der Waals surface area (Å²) >= 11 is 0. The minimum absolute atomic E-state index is 0.189. The van der Waals surface area contributed by atoms with Crippen molar-refractivity contribution in [3.8, 4) is 0 Å². The van der Waals surface area contributed by atoms with Crippen LogP contribution in [0.3, 0.4) is 0 Å². The quantitative estimate of drug-likeness (QED) is 0.667. The second-order valence-electron chi connectivity index (χ2n) is 3.91. The molecule has 74 valence electrons. The number of hydrogen-bond acceptors (Lipinski definition) is 2. The van der Waals surface area contributed by atoms with E-state index in [2.05, 4.69) is 6.92 Å². The summed E-state index contributed by atoms with van der Waals surface area (Å²) in [6, 6.07) is 0. The van der Waals surface area contributed by atoms with E-state index in [1.54, 1.807) is 6.92 Å². The largest absolute Gasteiger partial charge is 0.393 e. The van der Waals surface area contributed by atoms with E-state index in [-0.39, 0.29) is 18.1 Å². The normalized spacial score (nSPS) is 21.5. The zero-order valence-electron chi connectivity index (χ0n) is 8.62. The molecule has 0 aromatic rings. The van der Waals surface area contributed by atoms with Gasteiger partial charge in [0.15, 0.2) is 0 Å². The SMILES string of the molecule is CCC(C)C(O)CC(C)C(C)O. The predicted octanol–water partition coefficient (Wildman–Crippen LogP) is 1.80. The Bertz CT molecular complexity index is 112. The molecule has 0 spiro atoms. The van der Waals surface area contributed by atoms with Crippen molar-refractivity contribution >= 4 is 0 Å². The van der Waals surface area contributed by atoms with Gasteiger partial charge in [0.1, 0.15) is 0 Å². The Kier molecular flexibility index (Phi) is 5.51. The molecule has 2 nitrogen and oxygen atoms in total. The first-order valence-corrected chi connectivity index (χ1v) is 4.85. The Labute approximate surface area is 75.6 Å². The molecule has 0 aliphatic carbocycles. The van der Waals surface area contributed by atoms with Crippen LogP contribution >= 0.6 is 0 Å². The van der Waals surface area contributed by atoms with E-state index in [1.165, 1.54) is 0 Å². The summed E-state index contributed by atoms with van der Waals surface area (Å²) in [5.74, 6) is 0.528. The summed E-state index contributed by atoms with van der Waals surface area (Å²) in [5, 5.41) is 18.8. The molecule has 0 amide bonds. The highest BCUT2D eigenvalue weighted by molar-refractivity contribution is 4.69. The summed E-state index contributed by atoms with van der Waals surface area (Å²) in [6.45, 7) is 7.85. The fourth-order valence-corrected chi connectivity index (χ4v) is 1.08. The highest BCUT2D eigenvalue weighted by Crippen LogP contribution is 2.17. The third-order valence-electron chi connectivity index (χ3n) is 2.74. The maximum Gasteiger partial charge on any atom is 0.0569 e. The van der Waals surface area contributed by atoms with Gasteiger partial charge in [0, 0.05) is 0 Å². The van der Waals surface area contributed by atoms with Crippen molar-refractivity contribution < 1.29 is 10.2 Å². The Morgan fingerprint density at radius 3 is 1.83 bits per heavy atom. The second-order valence-corrected chi connectivity index (χ2v) is 3.91. The lowest BCUT2D eigenvalue weighted by Crippen LogP contribution is -2.24. The van der Waals surface area contributed by atoms with Gasteiger partial charge in [0.25, 0.3) is 0 Å². The van der Waals surface area contributed by atoms with E-state index < -0.39 is 0 Å². The Morgan fingerprint density at radius 2 is 1.50 bits per heavy atom. The van der Waals surface area contributed by atoms with Crippen molar-refractivity contribution in [2.45, 2.75) is 52.7 Å². The summed E-state index contributed by atoms with van der Waals surface area (Å²) in [7, 11) is 0. The van der Waals surface area contributed by atoms with Gasteiger partial charge in [-0.2, -0.15) is 0 Å². The van der Waals surface area contributed by atoms with Crippen LogP contribution in [-0.4, -0.2) is 22.4 Å². The molecule has 0 aliphatic rings. The van der Waals surface area contributed by atoms with E-state index in [4.69, 9.17) is 0 Å². The zero-order valence-corrected chi connectivity index (χ0v) is 8.62. The van der Waals surface area contributed by atoms with E-state index in [1.807, 2.05) is 13.8 Å². The second kappa shape index (κ2) is 5.55. The predicted molar refractivity (Wildman–Crippen MR) is 50.9 cm³/mol. The summed E-state index contributed by atoms with van der Waals surface area (Å²) in [4.78, 5) is 0. The number of aliphatic hydroxyl groups is 2. The van der Waals surface area contributed by atoms with Crippen molar-refractivity contribution in [1.82, 2.24) is 0 Å². The lowest BCUT2D eigenvalue weighted by atomic mass is 9.91. The first kappa shape index (κ1) is 11.9. The van der Waals surface area contributed by atoms with Crippen LogP contribution in [-0.2, 0) is 0 Å². The highest BCUT2D eigenvalue weighted by atomic mass is 16.3. The number of hydrogen-bond donors (Lipinski definition) is 2. The smallest absolute Gasteiger partial charge is 0.0569 e. The average molecular weight is 174 g/mol. The average Bonchev–Trinajstić information content (AvgIpc) is 2.02. The number of aliphatic hydroxyl groups excluding tert-OH is 2.